The van der Waals surface area contributed by atoms with Crippen molar-refractivity contribution in [2.24, 2.45) is 5.92 Å². The van der Waals surface area contributed by atoms with Crippen LogP contribution in [0, 0.1) is 5.92 Å². The van der Waals surface area contributed by atoms with E-state index in [1.54, 1.807) is 37.3 Å². The highest BCUT2D eigenvalue weighted by Gasteiger charge is 2.26. The molecule has 2 rings (SSSR count). The van der Waals surface area contributed by atoms with Gasteiger partial charge in [0.15, 0.2) is 0 Å². The molecule has 0 aliphatic carbocycles. The van der Waals surface area contributed by atoms with Gasteiger partial charge in [0, 0.05) is 24.6 Å². The number of hydrogen-bond donors (Lipinski definition) is 1. The summed E-state index contributed by atoms with van der Waals surface area (Å²) in [5, 5.41) is 9.70. The van der Waals surface area contributed by atoms with Crippen LogP contribution >= 0.6 is 0 Å². The zero-order valence-corrected chi connectivity index (χ0v) is 12.5. The number of aliphatic hydroxyl groups is 1. The molecule has 2 unspecified atom stereocenters. The molecule has 4 heteroatoms. The lowest BCUT2D eigenvalue weighted by molar-refractivity contribution is 0.0466. The summed E-state index contributed by atoms with van der Waals surface area (Å²) >= 11 is 0. The van der Waals surface area contributed by atoms with Crippen LogP contribution in [0.15, 0.2) is 36.9 Å². The highest BCUT2D eigenvalue weighted by atomic mass is 16.5. The number of nitrogens with zero attached hydrogens (tertiary/aromatic N) is 1. The van der Waals surface area contributed by atoms with Crippen LogP contribution in [0.4, 0.5) is 0 Å². The normalized spacial score (nSPS) is 19.9. The van der Waals surface area contributed by atoms with Gasteiger partial charge < -0.3 is 14.7 Å². The third-order valence-corrected chi connectivity index (χ3v) is 3.90. The molecule has 1 aromatic rings. The zero-order chi connectivity index (χ0) is 15.2. The molecule has 1 N–H and O–H groups in total. The van der Waals surface area contributed by atoms with Gasteiger partial charge in [0.1, 0.15) is 12.4 Å². The van der Waals surface area contributed by atoms with Gasteiger partial charge >= 0.3 is 0 Å². The molecule has 1 saturated heterocycles. The largest absolute Gasteiger partial charge is 0.490 e. The van der Waals surface area contributed by atoms with E-state index in [4.69, 9.17) is 4.74 Å². The molecule has 1 heterocycles. The van der Waals surface area contributed by atoms with Crippen molar-refractivity contribution in [1.82, 2.24) is 4.90 Å². The minimum absolute atomic E-state index is 0.0237. The van der Waals surface area contributed by atoms with Gasteiger partial charge in [0.25, 0.3) is 5.91 Å². The van der Waals surface area contributed by atoms with Gasteiger partial charge in [-0.1, -0.05) is 12.7 Å². The first-order valence-electron chi connectivity index (χ1n) is 7.43. The van der Waals surface area contributed by atoms with Gasteiger partial charge in [0.2, 0.25) is 0 Å². The van der Waals surface area contributed by atoms with Crippen LogP contribution in [0.25, 0.3) is 0 Å². The predicted octanol–water partition coefficient (Wildman–Crippen LogP) is 2.48. The quantitative estimate of drug-likeness (QED) is 0.847. The molecule has 2 atom stereocenters. The maximum atomic E-state index is 12.5. The van der Waals surface area contributed by atoms with Crippen LogP contribution in [0.2, 0.25) is 0 Å². The lowest BCUT2D eigenvalue weighted by Crippen LogP contribution is -2.42. The summed E-state index contributed by atoms with van der Waals surface area (Å²) in [4.78, 5) is 14.3. The Morgan fingerprint density at radius 1 is 1.52 bits per heavy atom. The molecule has 1 aliphatic heterocycles. The summed E-state index contributed by atoms with van der Waals surface area (Å²) in [6.07, 6.45) is 3.25. The van der Waals surface area contributed by atoms with Gasteiger partial charge in [-0.2, -0.15) is 0 Å². The average Bonchev–Trinajstić information content (AvgIpc) is 2.53. The molecule has 1 fully saturated rings. The molecule has 1 amide bonds. The van der Waals surface area contributed by atoms with Gasteiger partial charge in [-0.3, -0.25) is 4.79 Å². The maximum Gasteiger partial charge on any atom is 0.253 e. The third-order valence-electron chi connectivity index (χ3n) is 3.90. The maximum absolute atomic E-state index is 12.5. The Morgan fingerprint density at radius 2 is 2.24 bits per heavy atom. The van der Waals surface area contributed by atoms with E-state index >= 15 is 0 Å². The predicted molar refractivity (Wildman–Crippen MR) is 82.4 cm³/mol. The van der Waals surface area contributed by atoms with Crippen LogP contribution in [-0.2, 0) is 0 Å². The summed E-state index contributed by atoms with van der Waals surface area (Å²) in [6.45, 7) is 7.24. The van der Waals surface area contributed by atoms with Crippen LogP contribution in [-0.4, -0.2) is 41.7 Å². The fourth-order valence-corrected chi connectivity index (χ4v) is 2.62. The SMILES string of the molecule is C=CCOc1ccc(C(=O)N2CCCC(C(C)O)C2)cc1. The van der Waals surface area contributed by atoms with E-state index in [9.17, 15) is 9.90 Å². The van der Waals surface area contributed by atoms with Crippen molar-refractivity contribution in [3.8, 4) is 5.75 Å². The first-order valence-corrected chi connectivity index (χ1v) is 7.43. The molecule has 1 aromatic carbocycles. The first-order chi connectivity index (χ1) is 10.1. The average molecular weight is 289 g/mol. The monoisotopic (exact) mass is 289 g/mol. The third kappa shape index (κ3) is 4.08. The second-order valence-electron chi connectivity index (χ2n) is 5.52. The molecule has 0 radical (unpaired) electrons. The minimum atomic E-state index is -0.365. The van der Waals surface area contributed by atoms with E-state index in [2.05, 4.69) is 6.58 Å². The molecular weight excluding hydrogens is 266 g/mol. The Labute approximate surface area is 126 Å². The summed E-state index contributed by atoms with van der Waals surface area (Å²) in [6, 6.07) is 7.17. The van der Waals surface area contributed by atoms with Crippen molar-refractivity contribution in [1.29, 1.82) is 0 Å². The number of benzene rings is 1. The fraction of sp³-hybridized carbons (Fsp3) is 0.471. The summed E-state index contributed by atoms with van der Waals surface area (Å²) in [5.74, 6) is 0.931. The summed E-state index contributed by atoms with van der Waals surface area (Å²) < 4.78 is 5.41. The van der Waals surface area contributed by atoms with Gasteiger partial charge in [0.05, 0.1) is 6.10 Å². The van der Waals surface area contributed by atoms with E-state index in [1.165, 1.54) is 0 Å². The van der Waals surface area contributed by atoms with Crippen molar-refractivity contribution in [3.63, 3.8) is 0 Å². The molecule has 1 aliphatic rings. The van der Waals surface area contributed by atoms with Gasteiger partial charge in [-0.15, -0.1) is 0 Å². The number of carbonyl (C=O) groups excluding carboxylic acids is 1. The highest BCUT2D eigenvalue weighted by molar-refractivity contribution is 5.94. The number of amides is 1. The molecule has 0 saturated carbocycles. The lowest BCUT2D eigenvalue weighted by atomic mass is 9.93. The van der Waals surface area contributed by atoms with E-state index in [-0.39, 0.29) is 17.9 Å². The van der Waals surface area contributed by atoms with Crippen molar-refractivity contribution < 1.29 is 14.6 Å². The fourth-order valence-electron chi connectivity index (χ4n) is 2.62. The van der Waals surface area contributed by atoms with E-state index in [1.807, 2.05) is 4.90 Å². The molecule has 0 bridgehead atoms. The Kier molecular flexibility index (Phi) is 5.39. The topological polar surface area (TPSA) is 49.8 Å². The van der Waals surface area contributed by atoms with Crippen molar-refractivity contribution >= 4 is 5.91 Å². The highest BCUT2D eigenvalue weighted by Crippen LogP contribution is 2.22. The Morgan fingerprint density at radius 3 is 2.86 bits per heavy atom. The number of rotatable bonds is 5. The lowest BCUT2D eigenvalue weighted by Gasteiger charge is -2.34. The molecule has 4 nitrogen and oxygen atoms in total. The number of carbonyl (C=O) groups is 1. The number of aliphatic hydroxyl groups excluding tert-OH is 1. The number of ether oxygens (including phenoxy) is 1. The van der Waals surface area contributed by atoms with Crippen LogP contribution in [0.5, 0.6) is 5.75 Å². The van der Waals surface area contributed by atoms with Crippen molar-refractivity contribution in [2.45, 2.75) is 25.9 Å². The second-order valence-corrected chi connectivity index (χ2v) is 5.52. The van der Waals surface area contributed by atoms with E-state index < -0.39 is 0 Å². The molecule has 114 valence electrons. The second kappa shape index (κ2) is 7.27. The number of likely N-dealkylation sites (tertiary alicyclic amines) is 1. The van der Waals surface area contributed by atoms with Crippen LogP contribution in [0.3, 0.4) is 0 Å². The van der Waals surface area contributed by atoms with Crippen LogP contribution < -0.4 is 4.74 Å². The zero-order valence-electron chi connectivity index (χ0n) is 12.5. The Hall–Kier alpha value is -1.81. The van der Waals surface area contributed by atoms with E-state index in [0.717, 1.165) is 25.1 Å². The van der Waals surface area contributed by atoms with Gasteiger partial charge in [-0.05, 0) is 44.0 Å². The van der Waals surface area contributed by atoms with Crippen molar-refractivity contribution in [2.75, 3.05) is 19.7 Å². The number of hydrogen-bond acceptors (Lipinski definition) is 3. The van der Waals surface area contributed by atoms with Gasteiger partial charge in [-0.25, -0.2) is 0 Å². The standard InChI is InChI=1S/C17H23NO3/c1-3-11-21-16-8-6-14(7-9-16)17(20)18-10-4-5-15(12-18)13(2)19/h3,6-9,13,15,19H,1,4-5,10-12H2,2H3. The molecule has 0 spiro atoms. The smallest absolute Gasteiger partial charge is 0.253 e. The van der Waals surface area contributed by atoms with E-state index in [0.29, 0.717) is 18.7 Å². The van der Waals surface area contributed by atoms with Crippen LogP contribution in [0.1, 0.15) is 30.1 Å². The first kappa shape index (κ1) is 15.6. The summed E-state index contributed by atoms with van der Waals surface area (Å²) in [5.41, 5.74) is 0.659. The molecular formula is C17H23NO3. The Bertz CT molecular complexity index is 481. The molecule has 0 aromatic heterocycles. The summed E-state index contributed by atoms with van der Waals surface area (Å²) in [7, 11) is 0. The van der Waals surface area contributed by atoms with Crippen molar-refractivity contribution in [3.05, 3.63) is 42.5 Å². The molecule has 21 heavy (non-hydrogen) atoms. The Balaban J connectivity index is 2.00. The number of piperidine rings is 1. The minimum Gasteiger partial charge on any atom is -0.490 e.